The topological polar surface area (TPSA) is 54.9 Å². The van der Waals surface area contributed by atoms with Gasteiger partial charge in [-0.2, -0.15) is 0 Å². The van der Waals surface area contributed by atoms with Crippen LogP contribution in [0.25, 0.3) is 10.2 Å². The van der Waals surface area contributed by atoms with Crippen LogP contribution in [-0.2, 0) is 4.79 Å². The number of benzene rings is 2. The summed E-state index contributed by atoms with van der Waals surface area (Å²) in [5.41, 5.74) is 0.799. The number of carbonyl (C=O) groups is 1. The molecule has 0 radical (unpaired) electrons. The molecule has 32 heavy (non-hydrogen) atoms. The lowest BCUT2D eigenvalue weighted by molar-refractivity contribution is -0.131. The number of thioether (sulfide) groups is 1. The first-order chi connectivity index (χ1) is 15.6. The number of anilines is 1. The number of carbonyl (C=O) groups excluding carboxylic acids is 1. The van der Waals surface area contributed by atoms with Crippen molar-refractivity contribution in [1.29, 1.82) is 0 Å². The summed E-state index contributed by atoms with van der Waals surface area (Å²) in [6.45, 7) is 2.97. The molecule has 1 fully saturated rings. The molecule has 0 spiro atoms. The second-order valence-corrected chi connectivity index (χ2v) is 9.97. The Hall–Kier alpha value is -2.16. The van der Waals surface area contributed by atoms with Gasteiger partial charge in [-0.3, -0.25) is 4.79 Å². The van der Waals surface area contributed by atoms with Gasteiger partial charge in [0.05, 0.1) is 23.9 Å². The van der Waals surface area contributed by atoms with E-state index in [1.807, 2.05) is 29.2 Å². The van der Waals surface area contributed by atoms with Crippen LogP contribution in [0, 0.1) is 0 Å². The van der Waals surface area contributed by atoms with E-state index in [9.17, 15) is 4.79 Å². The number of rotatable bonds is 8. The highest BCUT2D eigenvalue weighted by molar-refractivity contribution is 7.99. The maximum atomic E-state index is 12.6. The Kier molecular flexibility index (Phi) is 7.65. The predicted octanol–water partition coefficient (Wildman–Crippen LogP) is 5.19. The Labute approximate surface area is 201 Å². The first-order valence-electron chi connectivity index (χ1n) is 10.5. The molecule has 0 saturated carbocycles. The summed E-state index contributed by atoms with van der Waals surface area (Å²) in [5.74, 6) is 2.74. The molecule has 0 bridgehead atoms. The number of aromatic nitrogens is 1. The van der Waals surface area contributed by atoms with E-state index in [1.165, 1.54) is 4.90 Å². The predicted molar refractivity (Wildman–Crippen MR) is 133 cm³/mol. The number of nitrogens with zero attached hydrogens (tertiary/aromatic N) is 3. The quantitative estimate of drug-likeness (QED) is 0.319. The number of hydrogen-bond acceptors (Lipinski definition) is 7. The van der Waals surface area contributed by atoms with Gasteiger partial charge in [0.2, 0.25) is 5.91 Å². The van der Waals surface area contributed by atoms with Gasteiger partial charge in [0.1, 0.15) is 17.0 Å². The number of fused-ring (bicyclic) bond motifs is 1. The number of hydrogen-bond donors (Lipinski definition) is 0. The monoisotopic (exact) mass is 491 g/mol. The number of piperazine rings is 1. The third kappa shape index (κ3) is 5.24. The van der Waals surface area contributed by atoms with Crippen molar-refractivity contribution in [2.45, 2.75) is 17.7 Å². The van der Waals surface area contributed by atoms with Crippen LogP contribution >= 0.6 is 34.7 Å². The molecular formula is C23H26ClN3O3S2. The smallest absolute Gasteiger partial charge is 0.222 e. The van der Waals surface area contributed by atoms with Crippen LogP contribution in [0.3, 0.4) is 0 Å². The highest BCUT2D eigenvalue weighted by atomic mass is 35.5. The lowest BCUT2D eigenvalue weighted by Crippen LogP contribution is -2.48. The SMILES string of the molecule is COc1ccc(SCCCC(=O)N2CCN(c3nc4c(OC)ccc(Cl)c4s3)CC2)cc1. The van der Waals surface area contributed by atoms with E-state index in [0.717, 1.165) is 52.1 Å². The average molecular weight is 492 g/mol. The van der Waals surface area contributed by atoms with Crippen molar-refractivity contribution in [3.05, 3.63) is 41.4 Å². The molecular weight excluding hydrogens is 466 g/mol. The standard InChI is InChI=1S/C23H26ClN3O3S2/c1-29-16-5-7-17(8-6-16)31-15-3-4-20(28)26-11-13-27(14-12-26)23-25-21-19(30-2)10-9-18(24)22(21)32-23/h5-10H,3-4,11-15H2,1-2H3. The second kappa shape index (κ2) is 10.6. The molecule has 0 N–H and O–H groups in total. The zero-order valence-electron chi connectivity index (χ0n) is 18.2. The third-order valence-corrected chi connectivity index (χ3v) is 8.11. The maximum Gasteiger partial charge on any atom is 0.222 e. The summed E-state index contributed by atoms with van der Waals surface area (Å²) < 4.78 is 11.5. The van der Waals surface area contributed by atoms with Crippen molar-refractivity contribution >= 4 is 56.0 Å². The molecule has 170 valence electrons. The fourth-order valence-corrected chi connectivity index (χ4v) is 5.79. The Bertz CT molecular complexity index is 1070. The molecule has 0 aliphatic carbocycles. The molecule has 2 heterocycles. The lowest BCUT2D eigenvalue weighted by atomic mass is 10.2. The lowest BCUT2D eigenvalue weighted by Gasteiger charge is -2.34. The van der Waals surface area contributed by atoms with E-state index in [2.05, 4.69) is 17.0 Å². The molecule has 1 aliphatic heterocycles. The molecule has 1 aromatic heterocycles. The molecule has 3 aromatic rings. The van der Waals surface area contributed by atoms with E-state index in [1.54, 1.807) is 37.3 Å². The van der Waals surface area contributed by atoms with Crippen molar-refractivity contribution in [2.24, 2.45) is 0 Å². The maximum absolute atomic E-state index is 12.6. The number of halogens is 1. The molecule has 6 nitrogen and oxygen atoms in total. The van der Waals surface area contributed by atoms with Gasteiger partial charge in [0.25, 0.3) is 0 Å². The Morgan fingerprint density at radius 3 is 2.53 bits per heavy atom. The highest BCUT2D eigenvalue weighted by Gasteiger charge is 2.24. The Morgan fingerprint density at radius 2 is 1.84 bits per heavy atom. The van der Waals surface area contributed by atoms with Crippen LogP contribution in [0.2, 0.25) is 5.02 Å². The number of methoxy groups -OCH3 is 2. The van der Waals surface area contributed by atoms with Crippen molar-refractivity contribution in [1.82, 2.24) is 9.88 Å². The van der Waals surface area contributed by atoms with Gasteiger partial charge in [-0.25, -0.2) is 4.98 Å². The molecule has 2 aromatic carbocycles. The van der Waals surface area contributed by atoms with Crippen LogP contribution in [0.5, 0.6) is 11.5 Å². The van der Waals surface area contributed by atoms with Crippen LogP contribution < -0.4 is 14.4 Å². The summed E-state index contributed by atoms with van der Waals surface area (Å²) in [4.78, 5) is 22.8. The van der Waals surface area contributed by atoms with Gasteiger partial charge in [-0.05, 0) is 48.6 Å². The zero-order valence-corrected chi connectivity index (χ0v) is 20.6. The van der Waals surface area contributed by atoms with Gasteiger partial charge >= 0.3 is 0 Å². The Balaban J connectivity index is 1.25. The second-order valence-electron chi connectivity index (χ2n) is 7.42. The molecule has 1 saturated heterocycles. The fraction of sp³-hybridized carbons (Fsp3) is 0.391. The minimum Gasteiger partial charge on any atom is -0.497 e. The summed E-state index contributed by atoms with van der Waals surface area (Å²) in [6.07, 6.45) is 1.45. The molecule has 0 atom stereocenters. The number of ether oxygens (including phenoxy) is 2. The molecule has 1 aliphatic rings. The number of thiazole rings is 1. The van der Waals surface area contributed by atoms with E-state index in [4.69, 9.17) is 26.1 Å². The summed E-state index contributed by atoms with van der Waals surface area (Å²) in [5, 5.41) is 1.61. The summed E-state index contributed by atoms with van der Waals surface area (Å²) in [7, 11) is 3.31. The van der Waals surface area contributed by atoms with Gasteiger partial charge in [-0.1, -0.05) is 22.9 Å². The third-order valence-electron chi connectivity index (χ3n) is 5.43. The van der Waals surface area contributed by atoms with Gasteiger partial charge in [-0.15, -0.1) is 11.8 Å². The van der Waals surface area contributed by atoms with Gasteiger partial charge in [0, 0.05) is 37.5 Å². The van der Waals surface area contributed by atoms with Crippen LogP contribution in [-0.4, -0.2) is 61.9 Å². The zero-order chi connectivity index (χ0) is 22.5. The molecule has 1 amide bonds. The van der Waals surface area contributed by atoms with E-state index in [-0.39, 0.29) is 5.91 Å². The summed E-state index contributed by atoms with van der Waals surface area (Å²) in [6, 6.07) is 11.7. The number of amides is 1. The largest absolute Gasteiger partial charge is 0.497 e. The normalized spacial score (nSPS) is 14.1. The van der Waals surface area contributed by atoms with Crippen molar-refractivity contribution in [3.63, 3.8) is 0 Å². The van der Waals surface area contributed by atoms with Crippen LogP contribution in [0.1, 0.15) is 12.8 Å². The van der Waals surface area contributed by atoms with Crippen molar-refractivity contribution < 1.29 is 14.3 Å². The molecule has 9 heteroatoms. The minimum absolute atomic E-state index is 0.231. The first kappa shape index (κ1) is 23.0. The van der Waals surface area contributed by atoms with Gasteiger partial charge < -0.3 is 19.3 Å². The Morgan fingerprint density at radius 1 is 1.09 bits per heavy atom. The van der Waals surface area contributed by atoms with E-state index < -0.39 is 0 Å². The average Bonchev–Trinajstić information content (AvgIpc) is 3.29. The van der Waals surface area contributed by atoms with Crippen molar-refractivity contribution in [2.75, 3.05) is 51.1 Å². The fourth-order valence-electron chi connectivity index (χ4n) is 3.63. The first-order valence-corrected chi connectivity index (χ1v) is 12.7. The van der Waals surface area contributed by atoms with Crippen LogP contribution in [0.4, 0.5) is 5.13 Å². The minimum atomic E-state index is 0.231. The van der Waals surface area contributed by atoms with Crippen molar-refractivity contribution in [3.8, 4) is 11.5 Å². The van der Waals surface area contributed by atoms with Crippen LogP contribution in [0.15, 0.2) is 41.3 Å². The highest BCUT2D eigenvalue weighted by Crippen LogP contribution is 2.38. The van der Waals surface area contributed by atoms with Gasteiger partial charge in [0.15, 0.2) is 5.13 Å². The molecule has 0 unspecified atom stereocenters. The molecule has 4 rings (SSSR count). The van der Waals surface area contributed by atoms with E-state index in [0.29, 0.717) is 24.5 Å². The van der Waals surface area contributed by atoms with E-state index >= 15 is 0 Å². The summed E-state index contributed by atoms with van der Waals surface area (Å²) >= 11 is 9.70.